The monoisotopic (exact) mass is 389 g/mol. The van der Waals surface area contributed by atoms with Crippen molar-refractivity contribution < 1.29 is 13.6 Å². The summed E-state index contributed by atoms with van der Waals surface area (Å²) in [5.41, 5.74) is 6.38. The lowest BCUT2D eigenvalue weighted by atomic mass is 10.1. The normalized spacial score (nSPS) is 12.0. The van der Waals surface area contributed by atoms with Gasteiger partial charge in [0.15, 0.2) is 11.6 Å². The van der Waals surface area contributed by atoms with Crippen molar-refractivity contribution >= 4 is 39.1 Å². The molecule has 1 aromatic carbocycles. The number of halogens is 4. The number of nitrogens with zero attached hydrogens (tertiary/aromatic N) is 1. The quantitative estimate of drug-likeness (QED) is 0.782. The molecule has 0 aliphatic carbocycles. The number of amides is 1. The lowest BCUT2D eigenvalue weighted by Crippen LogP contribution is -2.28. The van der Waals surface area contributed by atoms with Gasteiger partial charge in [-0.25, -0.2) is 13.8 Å². The van der Waals surface area contributed by atoms with Crippen molar-refractivity contribution in [3.8, 4) is 0 Å². The number of pyridine rings is 1. The third-order valence-electron chi connectivity index (χ3n) is 3.04. The second-order valence-corrected chi connectivity index (χ2v) is 5.77. The van der Waals surface area contributed by atoms with Crippen LogP contribution in [0.25, 0.3) is 0 Å². The highest BCUT2D eigenvalue weighted by molar-refractivity contribution is 9.10. The Bertz CT molecular complexity index is 742. The van der Waals surface area contributed by atoms with E-state index in [1.807, 2.05) is 0 Å². The largest absolute Gasteiger partial charge is 0.397 e. The Morgan fingerprint density at radius 1 is 1.41 bits per heavy atom. The summed E-state index contributed by atoms with van der Waals surface area (Å²) in [5, 5.41) is 2.57. The number of nitrogens with two attached hydrogens (primary N) is 1. The first-order valence-electron chi connectivity index (χ1n) is 6.16. The zero-order chi connectivity index (χ0) is 16.4. The van der Waals surface area contributed by atoms with Crippen molar-refractivity contribution in [2.45, 2.75) is 13.0 Å². The fourth-order valence-corrected chi connectivity index (χ4v) is 2.36. The third-order valence-corrected chi connectivity index (χ3v) is 3.96. The molecule has 1 aromatic heterocycles. The van der Waals surface area contributed by atoms with Crippen LogP contribution in [-0.4, -0.2) is 10.9 Å². The molecule has 0 aliphatic rings. The van der Waals surface area contributed by atoms with Gasteiger partial charge in [-0.1, -0.05) is 17.7 Å². The molecule has 1 heterocycles. The van der Waals surface area contributed by atoms with Crippen molar-refractivity contribution in [3.05, 3.63) is 56.8 Å². The predicted octanol–water partition coefficient (Wildman–Crippen LogP) is 3.85. The lowest BCUT2D eigenvalue weighted by Gasteiger charge is -2.16. The van der Waals surface area contributed by atoms with Crippen molar-refractivity contribution in [1.82, 2.24) is 10.3 Å². The minimum atomic E-state index is -0.986. The summed E-state index contributed by atoms with van der Waals surface area (Å²) < 4.78 is 26.6. The molecule has 0 radical (unpaired) electrons. The Labute approximate surface area is 138 Å². The molecule has 2 rings (SSSR count). The van der Waals surface area contributed by atoms with E-state index in [9.17, 15) is 13.6 Å². The van der Waals surface area contributed by atoms with Crippen molar-refractivity contribution in [2.24, 2.45) is 0 Å². The highest BCUT2D eigenvalue weighted by atomic mass is 79.9. The van der Waals surface area contributed by atoms with Gasteiger partial charge in [-0.05, 0) is 40.5 Å². The predicted molar refractivity (Wildman–Crippen MR) is 83.6 cm³/mol. The van der Waals surface area contributed by atoms with Crippen LogP contribution >= 0.6 is 27.5 Å². The van der Waals surface area contributed by atoms with Crippen LogP contribution in [0.2, 0.25) is 5.15 Å². The second-order valence-electron chi connectivity index (χ2n) is 4.55. The van der Waals surface area contributed by atoms with Crippen LogP contribution in [0.5, 0.6) is 0 Å². The van der Waals surface area contributed by atoms with E-state index < -0.39 is 23.6 Å². The van der Waals surface area contributed by atoms with Gasteiger partial charge in [0.1, 0.15) is 10.7 Å². The van der Waals surface area contributed by atoms with Gasteiger partial charge in [0, 0.05) is 6.20 Å². The molecule has 3 N–H and O–H groups in total. The Morgan fingerprint density at radius 3 is 2.73 bits per heavy atom. The van der Waals surface area contributed by atoms with E-state index in [1.165, 1.54) is 12.3 Å². The van der Waals surface area contributed by atoms with E-state index in [4.69, 9.17) is 17.3 Å². The highest BCUT2D eigenvalue weighted by Crippen LogP contribution is 2.28. The summed E-state index contributed by atoms with van der Waals surface area (Å²) in [6.45, 7) is 1.63. The average Bonchev–Trinajstić information content (AvgIpc) is 2.46. The van der Waals surface area contributed by atoms with E-state index in [0.29, 0.717) is 10.0 Å². The Kier molecular flexibility index (Phi) is 4.97. The van der Waals surface area contributed by atoms with Gasteiger partial charge in [-0.3, -0.25) is 4.79 Å². The first-order chi connectivity index (χ1) is 10.3. The summed E-state index contributed by atoms with van der Waals surface area (Å²) in [6.07, 6.45) is 1.38. The smallest absolute Gasteiger partial charge is 0.257 e. The van der Waals surface area contributed by atoms with Crippen molar-refractivity contribution in [3.63, 3.8) is 0 Å². The second kappa shape index (κ2) is 6.58. The maximum absolute atomic E-state index is 13.2. The molecule has 0 saturated heterocycles. The van der Waals surface area contributed by atoms with E-state index in [2.05, 4.69) is 26.2 Å². The molecular weight excluding hydrogens is 380 g/mol. The number of carbonyl (C=O) groups excluding carboxylic acids is 1. The summed E-state index contributed by atoms with van der Waals surface area (Å²) in [7, 11) is 0. The SMILES string of the molecule is CC(NC(=O)c1c(Cl)ncc(Br)c1N)c1ccc(F)c(F)c1. The first kappa shape index (κ1) is 16.6. The first-order valence-corrected chi connectivity index (χ1v) is 7.33. The molecule has 4 nitrogen and oxygen atoms in total. The zero-order valence-electron chi connectivity index (χ0n) is 11.3. The molecule has 0 spiro atoms. The van der Waals surface area contributed by atoms with E-state index in [1.54, 1.807) is 6.92 Å². The van der Waals surface area contributed by atoms with Crippen LogP contribution in [-0.2, 0) is 0 Å². The van der Waals surface area contributed by atoms with E-state index in [-0.39, 0.29) is 16.4 Å². The molecule has 0 saturated carbocycles. The number of aromatic nitrogens is 1. The van der Waals surface area contributed by atoms with E-state index >= 15 is 0 Å². The molecule has 1 unspecified atom stereocenters. The summed E-state index contributed by atoms with van der Waals surface area (Å²) in [5.74, 6) is -2.50. The molecule has 1 amide bonds. The van der Waals surface area contributed by atoms with Crippen LogP contribution in [0, 0.1) is 11.6 Å². The number of benzene rings is 1. The van der Waals surface area contributed by atoms with Crippen LogP contribution in [0.15, 0.2) is 28.9 Å². The Balaban J connectivity index is 2.25. The number of nitrogens with one attached hydrogen (secondary N) is 1. The molecule has 2 aromatic rings. The topological polar surface area (TPSA) is 68.0 Å². The summed E-state index contributed by atoms with van der Waals surface area (Å²) in [6, 6.07) is 2.82. The minimum Gasteiger partial charge on any atom is -0.397 e. The molecular formula is C14H11BrClF2N3O. The number of carbonyl (C=O) groups is 1. The van der Waals surface area contributed by atoms with Gasteiger partial charge in [-0.2, -0.15) is 0 Å². The number of anilines is 1. The maximum atomic E-state index is 13.2. The molecule has 0 aliphatic heterocycles. The number of hydrogen-bond acceptors (Lipinski definition) is 3. The fourth-order valence-electron chi connectivity index (χ4n) is 1.83. The van der Waals surface area contributed by atoms with Crippen LogP contribution in [0.4, 0.5) is 14.5 Å². The van der Waals surface area contributed by atoms with Gasteiger partial charge in [-0.15, -0.1) is 0 Å². The van der Waals surface area contributed by atoms with Crippen LogP contribution in [0.3, 0.4) is 0 Å². The van der Waals surface area contributed by atoms with Gasteiger partial charge in [0.25, 0.3) is 5.91 Å². The standard InChI is InChI=1S/C14H11BrClF2N3O/c1-6(7-2-3-9(17)10(18)4-7)21-14(22)11-12(19)8(15)5-20-13(11)16/h2-6H,1H3,(H2,19,20)(H,21,22). The van der Waals surface area contributed by atoms with Gasteiger partial charge in [0.2, 0.25) is 0 Å². The lowest BCUT2D eigenvalue weighted by molar-refractivity contribution is 0.0940. The van der Waals surface area contributed by atoms with Gasteiger partial charge < -0.3 is 11.1 Å². The van der Waals surface area contributed by atoms with Gasteiger partial charge >= 0.3 is 0 Å². The Morgan fingerprint density at radius 2 is 2.09 bits per heavy atom. The van der Waals surface area contributed by atoms with Crippen molar-refractivity contribution in [1.29, 1.82) is 0 Å². The van der Waals surface area contributed by atoms with Crippen molar-refractivity contribution in [2.75, 3.05) is 5.73 Å². The van der Waals surface area contributed by atoms with E-state index in [0.717, 1.165) is 12.1 Å². The zero-order valence-corrected chi connectivity index (χ0v) is 13.7. The molecule has 22 heavy (non-hydrogen) atoms. The number of nitrogen functional groups attached to an aromatic ring is 1. The number of hydrogen-bond donors (Lipinski definition) is 2. The number of rotatable bonds is 3. The maximum Gasteiger partial charge on any atom is 0.257 e. The minimum absolute atomic E-state index is 0.0190. The molecule has 1 atom stereocenters. The highest BCUT2D eigenvalue weighted by Gasteiger charge is 2.20. The summed E-state index contributed by atoms with van der Waals surface area (Å²) in [4.78, 5) is 16.1. The molecule has 8 heteroatoms. The third kappa shape index (κ3) is 3.36. The molecule has 0 fully saturated rings. The molecule has 0 bridgehead atoms. The Hall–Kier alpha value is -1.73. The summed E-state index contributed by atoms with van der Waals surface area (Å²) >= 11 is 9.05. The fraction of sp³-hybridized carbons (Fsp3) is 0.143. The molecule has 116 valence electrons. The van der Waals surface area contributed by atoms with Crippen LogP contribution < -0.4 is 11.1 Å². The average molecular weight is 391 g/mol. The van der Waals surface area contributed by atoms with Crippen LogP contribution in [0.1, 0.15) is 28.9 Å². The van der Waals surface area contributed by atoms with Gasteiger partial charge in [0.05, 0.1) is 16.2 Å².